The predicted molar refractivity (Wildman–Crippen MR) is 72.7 cm³/mol. The van der Waals surface area contributed by atoms with E-state index < -0.39 is 5.97 Å². The van der Waals surface area contributed by atoms with Crippen LogP contribution in [0.1, 0.15) is 21.5 Å². The van der Waals surface area contributed by atoms with Gasteiger partial charge in [0.15, 0.2) is 0 Å². The number of hydrogen-bond acceptors (Lipinski definition) is 1. The molecule has 0 amide bonds. The largest absolute Gasteiger partial charge is 0.478 e. The first-order chi connectivity index (χ1) is 8.58. The molecule has 0 aliphatic carbocycles. The van der Waals surface area contributed by atoms with Crippen molar-refractivity contribution in [3.8, 4) is 0 Å². The molecule has 0 atom stereocenters. The first kappa shape index (κ1) is 12.9. The summed E-state index contributed by atoms with van der Waals surface area (Å²) < 4.78 is 0. The second-order valence-electron chi connectivity index (χ2n) is 3.89. The summed E-state index contributed by atoms with van der Waals surface area (Å²) in [6, 6.07) is 12.2. The Kier molecular flexibility index (Phi) is 3.90. The zero-order chi connectivity index (χ0) is 13.1. The van der Waals surface area contributed by atoms with Crippen LogP contribution in [0.15, 0.2) is 42.5 Å². The summed E-state index contributed by atoms with van der Waals surface area (Å²) in [6.07, 6.45) is 0.513. The predicted octanol–water partition coefficient (Wildman–Crippen LogP) is 4.28. The Bertz CT molecular complexity index is 594. The highest BCUT2D eigenvalue weighted by molar-refractivity contribution is 6.42. The van der Waals surface area contributed by atoms with E-state index in [4.69, 9.17) is 28.3 Å². The van der Waals surface area contributed by atoms with E-state index in [2.05, 4.69) is 0 Å². The maximum atomic E-state index is 11.1. The van der Waals surface area contributed by atoms with E-state index in [9.17, 15) is 4.79 Å². The quantitative estimate of drug-likeness (QED) is 0.911. The fourth-order valence-electron chi connectivity index (χ4n) is 1.75. The minimum absolute atomic E-state index is 0.309. The third-order valence-electron chi connectivity index (χ3n) is 2.63. The van der Waals surface area contributed by atoms with Gasteiger partial charge in [0.2, 0.25) is 0 Å². The van der Waals surface area contributed by atoms with Gasteiger partial charge in [-0.2, -0.15) is 0 Å². The molecule has 92 valence electrons. The molecule has 0 unspecified atom stereocenters. The number of carboxylic acids is 1. The lowest BCUT2D eigenvalue weighted by Crippen LogP contribution is -2.02. The van der Waals surface area contributed by atoms with Gasteiger partial charge < -0.3 is 5.11 Å². The Labute approximate surface area is 115 Å². The summed E-state index contributed by atoms with van der Waals surface area (Å²) in [5, 5.41) is 10.1. The van der Waals surface area contributed by atoms with E-state index >= 15 is 0 Å². The summed E-state index contributed by atoms with van der Waals surface area (Å²) in [6.45, 7) is 0. The fraction of sp³-hybridized carbons (Fsp3) is 0.0714. The Hall–Kier alpha value is -1.51. The van der Waals surface area contributed by atoms with Crippen LogP contribution in [-0.2, 0) is 6.42 Å². The van der Waals surface area contributed by atoms with E-state index in [0.29, 0.717) is 22.0 Å². The molecule has 2 rings (SSSR count). The van der Waals surface area contributed by atoms with Gasteiger partial charge in [0, 0.05) is 0 Å². The average Bonchev–Trinajstić information content (AvgIpc) is 2.34. The van der Waals surface area contributed by atoms with Crippen LogP contribution in [0.3, 0.4) is 0 Å². The summed E-state index contributed by atoms with van der Waals surface area (Å²) >= 11 is 11.8. The van der Waals surface area contributed by atoms with Crippen molar-refractivity contribution in [3.63, 3.8) is 0 Å². The number of hydrogen-bond donors (Lipinski definition) is 1. The second kappa shape index (κ2) is 5.42. The molecule has 0 spiro atoms. The lowest BCUT2D eigenvalue weighted by atomic mass is 10.00. The number of benzene rings is 2. The third-order valence-corrected chi connectivity index (χ3v) is 3.37. The van der Waals surface area contributed by atoms with Crippen molar-refractivity contribution >= 4 is 29.2 Å². The van der Waals surface area contributed by atoms with Gasteiger partial charge in [-0.25, -0.2) is 4.79 Å². The molecule has 0 bridgehead atoms. The lowest BCUT2D eigenvalue weighted by molar-refractivity contribution is 0.0696. The molecule has 4 heteroatoms. The van der Waals surface area contributed by atoms with Gasteiger partial charge >= 0.3 is 5.97 Å². The van der Waals surface area contributed by atoms with Crippen LogP contribution in [0.2, 0.25) is 10.0 Å². The molecule has 18 heavy (non-hydrogen) atoms. The van der Waals surface area contributed by atoms with Crippen molar-refractivity contribution in [2.24, 2.45) is 0 Å². The highest BCUT2D eigenvalue weighted by atomic mass is 35.5. The smallest absolute Gasteiger partial charge is 0.335 e. The van der Waals surface area contributed by atoms with Crippen LogP contribution >= 0.6 is 23.2 Å². The van der Waals surface area contributed by atoms with Gasteiger partial charge in [-0.05, 0) is 35.7 Å². The summed E-state index contributed by atoms with van der Waals surface area (Å²) in [5.74, 6) is -0.925. The molecule has 2 nitrogen and oxygen atoms in total. The molecule has 1 N–H and O–H groups in total. The molecular formula is C14H10Cl2O2. The van der Waals surface area contributed by atoms with Crippen LogP contribution in [0, 0.1) is 0 Å². The van der Waals surface area contributed by atoms with Gasteiger partial charge in [-0.3, -0.25) is 0 Å². The van der Waals surface area contributed by atoms with E-state index in [-0.39, 0.29) is 0 Å². The van der Waals surface area contributed by atoms with Crippen LogP contribution < -0.4 is 0 Å². The second-order valence-corrected chi connectivity index (χ2v) is 4.70. The molecule has 0 aliphatic heterocycles. The van der Waals surface area contributed by atoms with Gasteiger partial charge in [0.05, 0.1) is 15.6 Å². The van der Waals surface area contributed by atoms with Gasteiger partial charge in [0.25, 0.3) is 0 Å². The monoisotopic (exact) mass is 280 g/mol. The fourth-order valence-corrected chi connectivity index (χ4v) is 2.07. The van der Waals surface area contributed by atoms with E-state index in [1.165, 1.54) is 0 Å². The summed E-state index contributed by atoms with van der Waals surface area (Å²) in [4.78, 5) is 11.1. The Morgan fingerprint density at radius 1 is 1.06 bits per heavy atom. The maximum absolute atomic E-state index is 11.1. The average molecular weight is 281 g/mol. The number of carboxylic acid groups (broad SMARTS) is 1. The van der Waals surface area contributed by atoms with Gasteiger partial charge in [-0.15, -0.1) is 0 Å². The van der Waals surface area contributed by atoms with Crippen molar-refractivity contribution in [3.05, 3.63) is 69.2 Å². The number of aromatic carboxylic acids is 1. The third kappa shape index (κ3) is 2.84. The maximum Gasteiger partial charge on any atom is 0.335 e. The highest BCUT2D eigenvalue weighted by Crippen LogP contribution is 2.24. The zero-order valence-corrected chi connectivity index (χ0v) is 10.9. The topological polar surface area (TPSA) is 37.3 Å². The standard InChI is InChI=1S/C14H10Cl2O2/c15-12-6-5-9(8-13(12)16)7-10-3-1-2-4-11(10)14(17)18/h1-6,8H,7H2,(H,17,18). The number of halogens is 2. The van der Waals surface area contributed by atoms with Gasteiger partial charge in [0.1, 0.15) is 0 Å². The molecule has 2 aromatic rings. The molecule has 0 heterocycles. The summed E-state index contributed by atoms with van der Waals surface area (Å²) in [7, 11) is 0. The number of carbonyl (C=O) groups is 1. The highest BCUT2D eigenvalue weighted by Gasteiger charge is 2.09. The van der Waals surface area contributed by atoms with Crippen LogP contribution in [0.4, 0.5) is 0 Å². The molecule has 2 aromatic carbocycles. The Morgan fingerprint density at radius 2 is 1.78 bits per heavy atom. The van der Waals surface area contributed by atoms with Crippen molar-refractivity contribution in [1.29, 1.82) is 0 Å². The molecule has 0 fully saturated rings. The Morgan fingerprint density at radius 3 is 2.44 bits per heavy atom. The van der Waals surface area contributed by atoms with Crippen LogP contribution in [-0.4, -0.2) is 11.1 Å². The van der Waals surface area contributed by atoms with Crippen molar-refractivity contribution in [2.75, 3.05) is 0 Å². The molecule has 0 saturated heterocycles. The first-order valence-corrected chi connectivity index (χ1v) is 6.08. The van der Waals surface area contributed by atoms with Crippen LogP contribution in [0.25, 0.3) is 0 Å². The minimum Gasteiger partial charge on any atom is -0.478 e. The zero-order valence-electron chi connectivity index (χ0n) is 9.36. The molecule has 0 radical (unpaired) electrons. The normalized spacial score (nSPS) is 10.3. The molecular weight excluding hydrogens is 271 g/mol. The Balaban J connectivity index is 2.34. The van der Waals surface area contributed by atoms with Crippen LogP contribution in [0.5, 0.6) is 0 Å². The van der Waals surface area contributed by atoms with E-state index in [1.54, 1.807) is 30.3 Å². The van der Waals surface area contributed by atoms with Gasteiger partial charge in [-0.1, -0.05) is 47.5 Å². The molecule has 0 saturated carbocycles. The lowest BCUT2D eigenvalue weighted by Gasteiger charge is -2.07. The van der Waals surface area contributed by atoms with Crippen molar-refractivity contribution in [2.45, 2.75) is 6.42 Å². The minimum atomic E-state index is -0.925. The van der Waals surface area contributed by atoms with Crippen molar-refractivity contribution in [1.82, 2.24) is 0 Å². The summed E-state index contributed by atoms with van der Waals surface area (Å²) in [5.41, 5.74) is 1.99. The number of rotatable bonds is 3. The van der Waals surface area contributed by atoms with E-state index in [0.717, 1.165) is 11.1 Å². The first-order valence-electron chi connectivity index (χ1n) is 5.33. The molecule has 0 aromatic heterocycles. The molecule has 0 aliphatic rings. The van der Waals surface area contributed by atoms with E-state index in [1.807, 2.05) is 12.1 Å². The SMILES string of the molecule is O=C(O)c1ccccc1Cc1ccc(Cl)c(Cl)c1. The van der Waals surface area contributed by atoms with Crippen molar-refractivity contribution < 1.29 is 9.90 Å².